The van der Waals surface area contributed by atoms with E-state index in [1.54, 1.807) is 0 Å². The van der Waals surface area contributed by atoms with E-state index in [2.05, 4.69) is 230 Å². The van der Waals surface area contributed by atoms with Crippen molar-refractivity contribution < 1.29 is 4.42 Å². The fourth-order valence-electron chi connectivity index (χ4n) is 10.1. The molecule has 0 atom stereocenters. The van der Waals surface area contributed by atoms with E-state index in [1.807, 2.05) is 0 Å². The molecule has 0 saturated heterocycles. The summed E-state index contributed by atoms with van der Waals surface area (Å²) in [6.45, 7) is 4.72. The van der Waals surface area contributed by atoms with E-state index in [9.17, 15) is 0 Å². The van der Waals surface area contributed by atoms with Crippen LogP contribution in [0, 0.1) is 0 Å². The Morgan fingerprint density at radius 3 is 1.90 bits per heavy atom. The number of fused-ring (bicyclic) bond motifs is 9. The molecular weight excluding hydrogens is 729 g/mol. The predicted molar refractivity (Wildman–Crippen MR) is 251 cm³/mol. The van der Waals surface area contributed by atoms with E-state index in [1.165, 1.54) is 55.2 Å². The SMILES string of the molecule is CC1(C)c2ccccc2-c2c(N(c3ccc(-c4ccccc4)cc3)c3c(-c4cccc5c4c4ccccc4n5-c4ccccc4)ccc4oc5ccccc5c34)cccc21. The second kappa shape index (κ2) is 13.2. The Balaban J connectivity index is 1.23. The molecule has 0 amide bonds. The summed E-state index contributed by atoms with van der Waals surface area (Å²) in [7, 11) is 0. The first kappa shape index (κ1) is 34.4. The average molecular weight is 769 g/mol. The molecular formula is C57H40N2O. The fourth-order valence-corrected chi connectivity index (χ4v) is 10.1. The van der Waals surface area contributed by atoms with Crippen LogP contribution in [0.2, 0.25) is 0 Å². The van der Waals surface area contributed by atoms with Gasteiger partial charge in [0.05, 0.1) is 27.8 Å². The Bertz CT molecular complexity index is 3450. The number of hydrogen-bond donors (Lipinski definition) is 0. The number of anilines is 3. The average Bonchev–Trinajstić information content (AvgIpc) is 3.93. The summed E-state index contributed by atoms with van der Waals surface area (Å²) in [6, 6.07) is 74.9. The Morgan fingerprint density at radius 1 is 0.433 bits per heavy atom. The molecule has 0 radical (unpaired) electrons. The highest BCUT2D eigenvalue weighted by molar-refractivity contribution is 6.22. The minimum Gasteiger partial charge on any atom is -0.456 e. The first-order valence-electron chi connectivity index (χ1n) is 20.8. The quantitative estimate of drug-likeness (QED) is 0.168. The molecule has 0 bridgehead atoms. The van der Waals surface area contributed by atoms with Crippen molar-refractivity contribution in [2.45, 2.75) is 19.3 Å². The van der Waals surface area contributed by atoms with Gasteiger partial charge < -0.3 is 13.9 Å². The molecule has 0 saturated carbocycles. The Morgan fingerprint density at radius 2 is 1.07 bits per heavy atom. The number of para-hydroxylation sites is 3. The lowest BCUT2D eigenvalue weighted by Crippen LogP contribution is -2.16. The van der Waals surface area contributed by atoms with Crippen LogP contribution in [0.5, 0.6) is 0 Å². The molecule has 0 fully saturated rings. The van der Waals surface area contributed by atoms with Gasteiger partial charge in [-0.25, -0.2) is 0 Å². The number of nitrogens with zero attached hydrogens (tertiary/aromatic N) is 2. The molecule has 0 N–H and O–H groups in total. The number of hydrogen-bond acceptors (Lipinski definition) is 2. The summed E-state index contributed by atoms with van der Waals surface area (Å²) in [4.78, 5) is 2.53. The van der Waals surface area contributed by atoms with E-state index in [0.717, 1.165) is 55.8 Å². The minimum atomic E-state index is -0.174. The molecule has 11 aromatic rings. The second-order valence-electron chi connectivity index (χ2n) is 16.4. The predicted octanol–water partition coefficient (Wildman–Crippen LogP) is 15.8. The third-order valence-corrected chi connectivity index (χ3v) is 12.8. The summed E-state index contributed by atoms with van der Waals surface area (Å²) in [6.07, 6.45) is 0. The third-order valence-electron chi connectivity index (χ3n) is 12.8. The number of aromatic nitrogens is 1. The van der Waals surface area contributed by atoms with Gasteiger partial charge in [-0.15, -0.1) is 0 Å². The van der Waals surface area contributed by atoms with E-state index < -0.39 is 0 Å². The Hall–Kier alpha value is -7.62. The zero-order valence-electron chi connectivity index (χ0n) is 33.4. The van der Waals surface area contributed by atoms with Crippen molar-refractivity contribution in [3.63, 3.8) is 0 Å². The molecule has 0 spiro atoms. The maximum absolute atomic E-state index is 6.75. The zero-order valence-corrected chi connectivity index (χ0v) is 33.4. The van der Waals surface area contributed by atoms with Crippen LogP contribution in [0.1, 0.15) is 25.0 Å². The molecule has 3 heteroatoms. The highest BCUT2D eigenvalue weighted by Crippen LogP contribution is 2.57. The molecule has 60 heavy (non-hydrogen) atoms. The van der Waals surface area contributed by atoms with E-state index >= 15 is 0 Å². The van der Waals surface area contributed by atoms with Crippen LogP contribution in [0.15, 0.2) is 211 Å². The topological polar surface area (TPSA) is 21.3 Å². The molecule has 2 aromatic heterocycles. The standard InChI is InChI=1S/C57H40N2O/c1-57(2)46-25-12-9-21-43(46)54-47(57)26-16-29-50(54)59(40-33-31-38(32-34-40)37-17-5-3-6-18-37)56-42(35-36-52-55(56)45-23-11-14-30-51(45)60-52)41-24-15-28-49-53(41)44-22-10-13-27-48(44)58(49)39-19-7-4-8-20-39/h3-36H,1-2H3. The lowest BCUT2D eigenvalue weighted by atomic mass is 9.82. The Kier molecular flexibility index (Phi) is 7.58. The van der Waals surface area contributed by atoms with Crippen molar-refractivity contribution in [1.82, 2.24) is 4.57 Å². The van der Waals surface area contributed by atoms with E-state index in [4.69, 9.17) is 4.42 Å². The summed E-state index contributed by atoms with van der Waals surface area (Å²) in [5, 5.41) is 4.60. The second-order valence-corrected chi connectivity index (χ2v) is 16.4. The van der Waals surface area contributed by atoms with Crippen LogP contribution in [0.25, 0.3) is 82.8 Å². The molecule has 284 valence electrons. The zero-order chi connectivity index (χ0) is 40.0. The van der Waals surface area contributed by atoms with Gasteiger partial charge in [-0.3, -0.25) is 0 Å². The Labute approximate surface area is 349 Å². The fraction of sp³-hybridized carbons (Fsp3) is 0.0526. The minimum absolute atomic E-state index is 0.174. The van der Waals surface area contributed by atoms with Crippen LogP contribution in [0.3, 0.4) is 0 Å². The maximum atomic E-state index is 6.75. The molecule has 1 aliphatic rings. The molecule has 1 aliphatic carbocycles. The maximum Gasteiger partial charge on any atom is 0.137 e. The normalized spacial score (nSPS) is 13.0. The first-order valence-corrected chi connectivity index (χ1v) is 20.8. The molecule has 0 aliphatic heterocycles. The van der Waals surface area contributed by atoms with E-state index in [0.29, 0.717) is 0 Å². The van der Waals surface area contributed by atoms with Crippen molar-refractivity contribution in [3.8, 4) is 39.1 Å². The summed E-state index contributed by atoms with van der Waals surface area (Å²) < 4.78 is 9.16. The summed E-state index contributed by atoms with van der Waals surface area (Å²) in [5.74, 6) is 0. The van der Waals surface area contributed by atoms with Gasteiger partial charge >= 0.3 is 0 Å². The van der Waals surface area contributed by atoms with Gasteiger partial charge in [-0.05, 0) is 94.0 Å². The lowest BCUT2D eigenvalue weighted by molar-refractivity contribution is 0.660. The van der Waals surface area contributed by atoms with Gasteiger partial charge in [0.1, 0.15) is 11.2 Å². The van der Waals surface area contributed by atoms with Crippen molar-refractivity contribution in [2.75, 3.05) is 4.90 Å². The van der Waals surface area contributed by atoms with Crippen LogP contribution in [0.4, 0.5) is 17.1 Å². The van der Waals surface area contributed by atoms with Gasteiger partial charge in [0.2, 0.25) is 0 Å². The van der Waals surface area contributed by atoms with Crippen molar-refractivity contribution in [3.05, 3.63) is 217 Å². The van der Waals surface area contributed by atoms with Crippen molar-refractivity contribution in [1.29, 1.82) is 0 Å². The monoisotopic (exact) mass is 768 g/mol. The highest BCUT2D eigenvalue weighted by Gasteiger charge is 2.38. The van der Waals surface area contributed by atoms with Crippen LogP contribution in [-0.2, 0) is 5.41 Å². The summed E-state index contributed by atoms with van der Waals surface area (Å²) >= 11 is 0. The molecule has 2 heterocycles. The van der Waals surface area contributed by atoms with Crippen molar-refractivity contribution in [2.24, 2.45) is 0 Å². The molecule has 3 nitrogen and oxygen atoms in total. The van der Waals surface area contributed by atoms with Gasteiger partial charge in [0, 0.05) is 44.1 Å². The van der Waals surface area contributed by atoms with E-state index in [-0.39, 0.29) is 5.41 Å². The van der Waals surface area contributed by atoms with Crippen LogP contribution in [-0.4, -0.2) is 4.57 Å². The number of furan rings is 1. The third kappa shape index (κ3) is 5.02. The number of benzene rings is 9. The highest BCUT2D eigenvalue weighted by atomic mass is 16.3. The molecule has 12 rings (SSSR count). The number of rotatable bonds is 6. The van der Waals surface area contributed by atoms with Crippen LogP contribution >= 0.6 is 0 Å². The summed E-state index contributed by atoms with van der Waals surface area (Å²) in [5.41, 5.74) is 18.2. The van der Waals surface area contributed by atoms with Crippen LogP contribution < -0.4 is 4.90 Å². The molecule has 9 aromatic carbocycles. The van der Waals surface area contributed by atoms with Crippen molar-refractivity contribution >= 4 is 60.8 Å². The van der Waals surface area contributed by atoms with Gasteiger partial charge in [0.15, 0.2) is 0 Å². The first-order chi connectivity index (χ1) is 29.6. The smallest absolute Gasteiger partial charge is 0.137 e. The largest absolute Gasteiger partial charge is 0.456 e. The van der Waals surface area contributed by atoms with Gasteiger partial charge in [0.25, 0.3) is 0 Å². The lowest BCUT2D eigenvalue weighted by Gasteiger charge is -2.31. The van der Waals surface area contributed by atoms with Gasteiger partial charge in [-0.1, -0.05) is 159 Å². The van der Waals surface area contributed by atoms with Gasteiger partial charge in [-0.2, -0.15) is 0 Å². The molecule has 0 unspecified atom stereocenters.